The van der Waals surface area contributed by atoms with Crippen LogP contribution in [0.5, 0.6) is 5.75 Å². The van der Waals surface area contributed by atoms with Crippen LogP contribution < -0.4 is 9.64 Å². The molecule has 7 rings (SSSR count). The normalized spacial score (nSPS) is 18.2. The zero-order chi connectivity index (χ0) is 33.2. The van der Waals surface area contributed by atoms with Gasteiger partial charge in [-0.05, 0) is 70.7 Å². The monoisotopic (exact) mass is 648 g/mol. The van der Waals surface area contributed by atoms with Gasteiger partial charge in [0.25, 0.3) is 5.89 Å². The third-order valence-corrected chi connectivity index (χ3v) is 9.42. The Bertz CT molecular complexity index is 1850. The molecule has 3 aromatic heterocycles. The Morgan fingerprint density at radius 1 is 1.13 bits per heavy atom. The predicted octanol–water partition coefficient (Wildman–Crippen LogP) is 4.83. The van der Waals surface area contributed by atoms with E-state index in [1.807, 2.05) is 24.6 Å². The maximum absolute atomic E-state index is 15.7. The third kappa shape index (κ3) is 5.63. The molecule has 3 aliphatic rings. The van der Waals surface area contributed by atoms with Gasteiger partial charge in [0.15, 0.2) is 17.7 Å². The molecule has 250 valence electrons. The van der Waals surface area contributed by atoms with Crippen molar-refractivity contribution in [2.24, 2.45) is 7.05 Å². The van der Waals surface area contributed by atoms with Crippen molar-refractivity contribution in [2.45, 2.75) is 65.2 Å². The van der Waals surface area contributed by atoms with E-state index in [0.717, 1.165) is 56.9 Å². The van der Waals surface area contributed by atoms with Gasteiger partial charge in [-0.2, -0.15) is 0 Å². The molecular weight excluding hydrogens is 607 g/mol. The smallest absolute Gasteiger partial charge is 0.337 e. The molecule has 1 atom stereocenters. The highest BCUT2D eigenvalue weighted by atomic mass is 19.1. The average Bonchev–Trinajstić information content (AvgIpc) is 3.61. The fourth-order valence-electron chi connectivity index (χ4n) is 6.94. The van der Waals surface area contributed by atoms with Gasteiger partial charge < -0.3 is 33.2 Å². The number of carboxylic acids is 1. The lowest BCUT2D eigenvalue weighted by Gasteiger charge is -2.42. The first-order chi connectivity index (χ1) is 22.4. The van der Waals surface area contributed by atoms with Gasteiger partial charge in [-0.15, -0.1) is 5.10 Å². The van der Waals surface area contributed by atoms with E-state index in [0.29, 0.717) is 70.1 Å². The van der Waals surface area contributed by atoms with Crippen LogP contribution in [0.3, 0.4) is 0 Å². The molecule has 47 heavy (non-hydrogen) atoms. The first-order valence-corrected chi connectivity index (χ1v) is 16.2. The van der Waals surface area contributed by atoms with Crippen molar-refractivity contribution in [2.75, 3.05) is 50.9 Å². The molecule has 13 heteroatoms. The standard InChI is InChI=1S/C34H41FN6O6/c1-18-21-8-7-13-45-28(21)24(35)14-22(18)27-23-15-25(31-37-38-33(46-31)41-11-9-40(10-12-41)20-16-44-17-20)39(6)30(23)36-19(2)26(27)29(32(42)43)47-34(3,4)5/h14-15,20,29H,7-13,16-17H2,1-6H3,(H,42,43)/t29-/m0/s1. The minimum atomic E-state index is -1.36. The number of hydrogen-bond acceptors (Lipinski definition) is 10. The largest absolute Gasteiger partial charge is 0.490 e. The zero-order valence-electron chi connectivity index (χ0n) is 27.7. The second kappa shape index (κ2) is 11.9. The van der Waals surface area contributed by atoms with Crippen LogP contribution in [0.25, 0.3) is 33.7 Å². The van der Waals surface area contributed by atoms with Crippen LogP contribution in [0.2, 0.25) is 0 Å². The molecule has 2 saturated heterocycles. The number of aryl methyl sites for hydroxylation is 2. The maximum atomic E-state index is 15.7. The van der Waals surface area contributed by atoms with Crippen LogP contribution in [0.15, 0.2) is 16.5 Å². The van der Waals surface area contributed by atoms with Crippen molar-refractivity contribution in [1.29, 1.82) is 0 Å². The zero-order valence-corrected chi connectivity index (χ0v) is 27.7. The van der Waals surface area contributed by atoms with Crippen molar-refractivity contribution in [1.82, 2.24) is 24.6 Å². The molecule has 1 N–H and O–H groups in total. The van der Waals surface area contributed by atoms with E-state index < -0.39 is 23.5 Å². The van der Waals surface area contributed by atoms with E-state index in [-0.39, 0.29) is 5.75 Å². The summed E-state index contributed by atoms with van der Waals surface area (Å²) in [7, 11) is 1.85. The Morgan fingerprint density at radius 3 is 2.53 bits per heavy atom. The Hall–Kier alpha value is -4.07. The molecule has 1 aromatic carbocycles. The second-order valence-electron chi connectivity index (χ2n) is 13.7. The van der Waals surface area contributed by atoms with Gasteiger partial charge in [-0.25, -0.2) is 14.2 Å². The molecule has 0 spiro atoms. The average molecular weight is 649 g/mol. The number of carboxylic acid groups (broad SMARTS) is 1. The van der Waals surface area contributed by atoms with Crippen molar-refractivity contribution in [3.05, 3.63) is 40.3 Å². The fourth-order valence-corrected chi connectivity index (χ4v) is 6.94. The van der Waals surface area contributed by atoms with E-state index in [1.54, 1.807) is 27.7 Å². The number of carbonyl (C=O) groups is 1. The number of halogens is 1. The minimum Gasteiger partial charge on any atom is -0.490 e. The van der Waals surface area contributed by atoms with Crippen molar-refractivity contribution >= 4 is 23.0 Å². The van der Waals surface area contributed by atoms with E-state index in [2.05, 4.69) is 20.0 Å². The molecule has 12 nitrogen and oxygen atoms in total. The molecule has 0 amide bonds. The summed E-state index contributed by atoms with van der Waals surface area (Å²) < 4.78 is 41.1. The molecule has 2 fully saturated rings. The van der Waals surface area contributed by atoms with Gasteiger partial charge >= 0.3 is 12.0 Å². The van der Waals surface area contributed by atoms with Crippen molar-refractivity contribution < 1.29 is 32.9 Å². The molecular formula is C34H41FN6O6. The fraction of sp³-hybridized carbons (Fsp3) is 0.529. The quantitative estimate of drug-likeness (QED) is 0.296. The number of fused-ring (bicyclic) bond motifs is 2. The number of aromatic nitrogens is 4. The summed E-state index contributed by atoms with van der Waals surface area (Å²) in [6.07, 6.45) is 0.0571. The summed E-state index contributed by atoms with van der Waals surface area (Å²) in [6.45, 7) is 14.4. The lowest BCUT2D eigenvalue weighted by Crippen LogP contribution is -2.56. The summed E-state index contributed by atoms with van der Waals surface area (Å²) >= 11 is 0. The van der Waals surface area contributed by atoms with E-state index in [1.165, 1.54) is 6.07 Å². The second-order valence-corrected chi connectivity index (χ2v) is 13.7. The number of aliphatic carboxylic acids is 1. The van der Waals surface area contributed by atoms with Gasteiger partial charge in [0.05, 0.1) is 31.5 Å². The van der Waals surface area contributed by atoms with Crippen LogP contribution >= 0.6 is 0 Å². The lowest BCUT2D eigenvalue weighted by atomic mass is 9.86. The van der Waals surface area contributed by atoms with Crippen LogP contribution in [-0.4, -0.2) is 93.4 Å². The van der Waals surface area contributed by atoms with Crippen LogP contribution in [0, 0.1) is 19.7 Å². The van der Waals surface area contributed by atoms with Gasteiger partial charge in [-0.3, -0.25) is 4.90 Å². The number of nitrogens with zero attached hydrogens (tertiary/aromatic N) is 6. The Balaban J connectivity index is 1.37. The van der Waals surface area contributed by atoms with Crippen LogP contribution in [-0.2, 0) is 27.7 Å². The van der Waals surface area contributed by atoms with Crippen molar-refractivity contribution in [3.8, 4) is 28.5 Å². The van der Waals surface area contributed by atoms with Gasteiger partial charge in [-0.1, -0.05) is 5.10 Å². The van der Waals surface area contributed by atoms with E-state index in [4.69, 9.17) is 23.6 Å². The molecule has 0 unspecified atom stereocenters. The van der Waals surface area contributed by atoms with Gasteiger partial charge in [0.1, 0.15) is 11.3 Å². The summed E-state index contributed by atoms with van der Waals surface area (Å²) in [5.74, 6) is -1.08. The number of hydrogen-bond donors (Lipinski definition) is 1. The Morgan fingerprint density at radius 2 is 1.87 bits per heavy atom. The number of anilines is 1. The number of ether oxygens (including phenoxy) is 3. The summed E-state index contributed by atoms with van der Waals surface area (Å²) in [4.78, 5) is 22.3. The van der Waals surface area contributed by atoms with Gasteiger partial charge in [0.2, 0.25) is 0 Å². The summed E-state index contributed by atoms with van der Waals surface area (Å²) in [5.41, 5.74) is 3.95. The third-order valence-electron chi connectivity index (χ3n) is 9.42. The number of benzene rings is 1. The van der Waals surface area contributed by atoms with Crippen LogP contribution in [0.1, 0.15) is 55.7 Å². The number of rotatable bonds is 7. The highest BCUT2D eigenvalue weighted by molar-refractivity contribution is 6.01. The SMILES string of the molecule is Cc1nc2c(cc(-c3nnc(N4CCN(C5COC5)CC4)o3)n2C)c(-c2cc(F)c3c(c2C)CCCO3)c1[C@H](OC(C)(C)C)C(=O)O. The molecule has 0 bridgehead atoms. The first kappa shape index (κ1) is 31.5. The molecule has 4 aromatic rings. The van der Waals surface area contributed by atoms with Gasteiger partial charge in [0, 0.05) is 61.0 Å². The molecule has 0 radical (unpaired) electrons. The Kier molecular flexibility index (Phi) is 7.96. The predicted molar refractivity (Wildman–Crippen MR) is 172 cm³/mol. The Labute approximate surface area is 272 Å². The summed E-state index contributed by atoms with van der Waals surface area (Å²) in [6, 6.07) is 4.24. The molecule has 6 heterocycles. The topological polar surface area (TPSA) is 128 Å². The highest BCUT2D eigenvalue weighted by Crippen LogP contribution is 2.45. The lowest BCUT2D eigenvalue weighted by molar-refractivity contribution is -0.160. The molecule has 0 saturated carbocycles. The first-order valence-electron chi connectivity index (χ1n) is 16.2. The molecule has 0 aliphatic carbocycles. The highest BCUT2D eigenvalue weighted by Gasteiger charge is 2.35. The summed E-state index contributed by atoms with van der Waals surface area (Å²) in [5, 5.41) is 19.9. The van der Waals surface area contributed by atoms with E-state index >= 15 is 4.39 Å². The number of pyridine rings is 1. The number of piperazine rings is 1. The minimum absolute atomic E-state index is 0.260. The van der Waals surface area contributed by atoms with E-state index in [9.17, 15) is 9.90 Å². The van der Waals surface area contributed by atoms with Crippen molar-refractivity contribution in [3.63, 3.8) is 0 Å². The molecule has 3 aliphatic heterocycles. The maximum Gasteiger partial charge on any atom is 0.337 e. The van der Waals surface area contributed by atoms with Crippen LogP contribution in [0.4, 0.5) is 10.4 Å².